The second-order valence-corrected chi connectivity index (χ2v) is 6.44. The van der Waals surface area contributed by atoms with Crippen LogP contribution in [0.4, 0.5) is 0 Å². The van der Waals surface area contributed by atoms with E-state index in [-0.39, 0.29) is 5.41 Å². The Balaban J connectivity index is 1.91. The number of carbonyl (C=O) groups is 1. The smallest absolute Gasteiger partial charge is 0.327 e. The van der Waals surface area contributed by atoms with Crippen LogP contribution in [-0.4, -0.2) is 11.1 Å². The lowest BCUT2D eigenvalue weighted by atomic mass is 9.44. The molecule has 4 aliphatic carbocycles. The minimum atomic E-state index is -0.786. The number of aliphatic carboxylic acids is 1. The zero-order valence-corrected chi connectivity index (χ0v) is 10.6. The molecule has 0 aromatic carbocycles. The molecule has 1 N–H and O–H groups in total. The van der Waals surface area contributed by atoms with Crippen LogP contribution in [0.1, 0.15) is 45.4 Å². The fourth-order valence-electron chi connectivity index (χ4n) is 5.26. The molecule has 0 unspecified atom stereocenters. The lowest BCUT2D eigenvalue weighted by Crippen LogP contribution is -2.51. The Morgan fingerprint density at radius 2 is 1.71 bits per heavy atom. The van der Waals surface area contributed by atoms with E-state index >= 15 is 0 Å². The average molecular weight is 234 g/mol. The third-order valence-corrected chi connectivity index (χ3v) is 5.81. The van der Waals surface area contributed by atoms with Crippen molar-refractivity contribution in [2.75, 3.05) is 0 Å². The summed E-state index contributed by atoms with van der Waals surface area (Å²) in [6.45, 7) is 2.24. The Labute approximate surface area is 103 Å². The van der Waals surface area contributed by atoms with Gasteiger partial charge in [0, 0.05) is 6.08 Å². The van der Waals surface area contributed by atoms with E-state index in [9.17, 15) is 4.79 Å². The van der Waals surface area contributed by atoms with Gasteiger partial charge in [-0.15, -0.1) is 0 Å². The number of allylic oxidation sites excluding steroid dienone is 1. The first kappa shape index (κ1) is 11.3. The van der Waals surface area contributed by atoms with Crippen molar-refractivity contribution in [1.29, 1.82) is 0 Å². The molecule has 0 heterocycles. The first-order valence-electron chi connectivity index (χ1n) is 7.06. The second kappa shape index (κ2) is 3.86. The zero-order chi connectivity index (χ0) is 12.0. The van der Waals surface area contributed by atoms with Gasteiger partial charge in [-0.1, -0.05) is 13.0 Å². The highest BCUT2D eigenvalue weighted by molar-refractivity contribution is 5.79. The zero-order valence-electron chi connectivity index (χ0n) is 10.6. The molecule has 0 aliphatic heterocycles. The summed E-state index contributed by atoms with van der Waals surface area (Å²) in [5.41, 5.74) is 0.214. The van der Waals surface area contributed by atoms with Gasteiger partial charge in [0.05, 0.1) is 0 Å². The van der Waals surface area contributed by atoms with Gasteiger partial charge >= 0.3 is 5.97 Å². The van der Waals surface area contributed by atoms with Crippen LogP contribution in [0.5, 0.6) is 0 Å². The number of carboxylic acids is 1. The van der Waals surface area contributed by atoms with Crippen molar-refractivity contribution in [3.8, 4) is 0 Å². The van der Waals surface area contributed by atoms with Crippen molar-refractivity contribution in [3.05, 3.63) is 12.2 Å². The molecule has 0 aromatic heterocycles. The summed E-state index contributed by atoms with van der Waals surface area (Å²) >= 11 is 0. The van der Waals surface area contributed by atoms with Crippen molar-refractivity contribution < 1.29 is 9.90 Å². The van der Waals surface area contributed by atoms with E-state index in [4.69, 9.17) is 5.11 Å². The molecule has 0 radical (unpaired) electrons. The Morgan fingerprint density at radius 3 is 2.12 bits per heavy atom. The third-order valence-electron chi connectivity index (χ3n) is 5.81. The van der Waals surface area contributed by atoms with E-state index in [0.717, 1.165) is 30.1 Å². The van der Waals surface area contributed by atoms with Crippen LogP contribution < -0.4 is 0 Å². The van der Waals surface area contributed by atoms with Crippen LogP contribution in [0.3, 0.4) is 0 Å². The van der Waals surface area contributed by atoms with Gasteiger partial charge in [-0.3, -0.25) is 0 Å². The standard InChI is InChI=1S/C15H22O2/c1-2-15(4-3-14(16)17)12-6-10-5-11(8-12)9-13(15)7-10/h3-4,10-13H,2,5-9H2,1H3,(H,16,17). The second-order valence-electron chi connectivity index (χ2n) is 6.44. The monoisotopic (exact) mass is 234 g/mol. The Bertz CT molecular complexity index is 328. The lowest BCUT2D eigenvalue weighted by molar-refractivity contribution is -0.131. The van der Waals surface area contributed by atoms with Crippen molar-refractivity contribution in [3.63, 3.8) is 0 Å². The summed E-state index contributed by atoms with van der Waals surface area (Å²) in [6.07, 6.45) is 11.4. The number of carboxylic acid groups (broad SMARTS) is 1. The summed E-state index contributed by atoms with van der Waals surface area (Å²) < 4.78 is 0. The van der Waals surface area contributed by atoms with Crippen LogP contribution in [0.25, 0.3) is 0 Å². The molecule has 0 spiro atoms. The van der Waals surface area contributed by atoms with Crippen molar-refractivity contribution in [2.45, 2.75) is 45.4 Å². The molecule has 4 fully saturated rings. The molecule has 4 saturated carbocycles. The van der Waals surface area contributed by atoms with Crippen molar-refractivity contribution >= 4 is 5.97 Å². The van der Waals surface area contributed by atoms with E-state index < -0.39 is 5.97 Å². The summed E-state index contributed by atoms with van der Waals surface area (Å²) in [7, 11) is 0. The quantitative estimate of drug-likeness (QED) is 0.759. The molecule has 0 saturated heterocycles. The maximum absolute atomic E-state index is 10.8. The molecular weight excluding hydrogens is 212 g/mol. The molecule has 2 heteroatoms. The van der Waals surface area contributed by atoms with Crippen LogP contribution >= 0.6 is 0 Å². The third kappa shape index (κ3) is 1.64. The molecule has 17 heavy (non-hydrogen) atoms. The Morgan fingerprint density at radius 1 is 1.18 bits per heavy atom. The molecule has 0 amide bonds. The van der Waals surface area contributed by atoms with Crippen LogP contribution in [0.15, 0.2) is 12.2 Å². The number of hydrogen-bond donors (Lipinski definition) is 1. The van der Waals surface area contributed by atoms with Gasteiger partial charge in [-0.25, -0.2) is 4.79 Å². The van der Waals surface area contributed by atoms with E-state index in [1.165, 1.54) is 38.2 Å². The van der Waals surface area contributed by atoms with Crippen LogP contribution in [-0.2, 0) is 4.79 Å². The normalized spacial score (nSPS) is 47.8. The highest BCUT2D eigenvalue weighted by Crippen LogP contribution is 2.63. The lowest BCUT2D eigenvalue weighted by Gasteiger charge is -2.60. The minimum Gasteiger partial charge on any atom is -0.478 e. The van der Waals surface area contributed by atoms with Gasteiger partial charge in [0.15, 0.2) is 0 Å². The summed E-state index contributed by atoms with van der Waals surface area (Å²) in [4.78, 5) is 10.8. The van der Waals surface area contributed by atoms with Gasteiger partial charge in [0.25, 0.3) is 0 Å². The van der Waals surface area contributed by atoms with Gasteiger partial charge in [-0.05, 0) is 67.6 Å². The SMILES string of the molecule is CCC1(C=CC(=O)O)C2CC3CC(C2)CC1C3. The topological polar surface area (TPSA) is 37.3 Å². The molecule has 94 valence electrons. The van der Waals surface area contributed by atoms with Crippen molar-refractivity contribution in [1.82, 2.24) is 0 Å². The predicted octanol–water partition coefficient (Wildman–Crippen LogP) is 3.48. The highest BCUT2D eigenvalue weighted by atomic mass is 16.4. The van der Waals surface area contributed by atoms with Crippen LogP contribution in [0, 0.1) is 29.1 Å². The van der Waals surface area contributed by atoms with E-state index in [0.29, 0.717) is 0 Å². The molecule has 0 atom stereocenters. The van der Waals surface area contributed by atoms with Gasteiger partial charge in [0.2, 0.25) is 0 Å². The molecular formula is C15H22O2. The first-order valence-corrected chi connectivity index (χ1v) is 7.06. The summed E-state index contributed by atoms with van der Waals surface area (Å²) in [6, 6.07) is 0. The van der Waals surface area contributed by atoms with E-state index in [2.05, 4.69) is 13.0 Å². The fraction of sp³-hybridized carbons (Fsp3) is 0.800. The summed E-state index contributed by atoms with van der Waals surface area (Å²) in [5.74, 6) is 2.65. The first-order chi connectivity index (χ1) is 8.14. The van der Waals surface area contributed by atoms with Crippen molar-refractivity contribution in [2.24, 2.45) is 29.1 Å². The fourth-order valence-corrected chi connectivity index (χ4v) is 5.26. The molecule has 2 nitrogen and oxygen atoms in total. The number of rotatable bonds is 3. The Hall–Kier alpha value is -0.790. The van der Waals surface area contributed by atoms with E-state index in [1.807, 2.05) is 0 Å². The predicted molar refractivity (Wildman–Crippen MR) is 66.5 cm³/mol. The van der Waals surface area contributed by atoms with Gasteiger partial charge in [0.1, 0.15) is 0 Å². The maximum Gasteiger partial charge on any atom is 0.327 e. The van der Waals surface area contributed by atoms with E-state index in [1.54, 1.807) is 0 Å². The Kier molecular flexibility index (Phi) is 2.57. The van der Waals surface area contributed by atoms with Gasteiger partial charge in [-0.2, -0.15) is 0 Å². The summed E-state index contributed by atoms with van der Waals surface area (Å²) in [5, 5.41) is 8.89. The molecule has 4 rings (SSSR count). The number of hydrogen-bond acceptors (Lipinski definition) is 1. The van der Waals surface area contributed by atoms with Crippen LogP contribution in [0.2, 0.25) is 0 Å². The molecule has 4 aliphatic rings. The largest absolute Gasteiger partial charge is 0.478 e. The highest BCUT2D eigenvalue weighted by Gasteiger charge is 2.54. The van der Waals surface area contributed by atoms with Gasteiger partial charge < -0.3 is 5.11 Å². The molecule has 4 bridgehead atoms. The molecule has 0 aromatic rings. The minimum absolute atomic E-state index is 0.214. The maximum atomic E-state index is 10.8. The average Bonchev–Trinajstić information content (AvgIpc) is 2.28.